The molecule has 0 nitrogen and oxygen atoms in total. The van der Waals surface area contributed by atoms with Crippen LogP contribution < -0.4 is 4.91 Å². The molecule has 110 valence electrons. The molecule has 2 aromatic rings. The van der Waals surface area contributed by atoms with Crippen LogP contribution in [0.5, 0.6) is 0 Å². The van der Waals surface area contributed by atoms with Crippen LogP contribution in [-0.2, 0) is 0 Å². The van der Waals surface area contributed by atoms with Gasteiger partial charge >= 0.3 is 142 Å². The van der Waals surface area contributed by atoms with Crippen LogP contribution in [0.3, 0.4) is 0 Å². The van der Waals surface area contributed by atoms with Crippen molar-refractivity contribution in [2.45, 2.75) is 29.6 Å². The van der Waals surface area contributed by atoms with E-state index in [2.05, 4.69) is 29.6 Å². The van der Waals surface area contributed by atoms with Crippen molar-refractivity contribution in [1.29, 1.82) is 0 Å². The quantitative estimate of drug-likeness (QED) is 0.463. The van der Waals surface area contributed by atoms with E-state index in [1.54, 1.807) is 12.1 Å². The zero-order chi connectivity index (χ0) is 15.3. The molecule has 2 rings (SSSR count). The molecule has 2 heterocycles. The van der Waals surface area contributed by atoms with Gasteiger partial charge in [-0.3, -0.25) is 0 Å². The summed E-state index contributed by atoms with van der Waals surface area (Å²) in [6, 6.07) is 3.47. The minimum atomic E-state index is -2.21. The van der Waals surface area contributed by atoms with E-state index in [0.717, 1.165) is 8.87 Å². The fraction of sp³-hybridized carbons (Fsp3) is 0.429. The molecule has 0 aromatic carbocycles. The Kier molecular flexibility index (Phi) is 5.48. The van der Waals surface area contributed by atoms with Crippen LogP contribution in [0.2, 0.25) is 29.6 Å². The zero-order valence-electron chi connectivity index (χ0n) is 12.7. The molecule has 0 radical (unpaired) electrons. The second-order valence-electron chi connectivity index (χ2n) is 7.08. The van der Waals surface area contributed by atoms with Gasteiger partial charge in [-0.2, -0.15) is 0 Å². The first-order chi connectivity index (χ1) is 9.00. The van der Waals surface area contributed by atoms with Gasteiger partial charge in [0.2, 0.25) is 0 Å². The summed E-state index contributed by atoms with van der Waals surface area (Å²) in [5, 5.41) is 0. The van der Waals surface area contributed by atoms with Crippen molar-refractivity contribution in [1.82, 2.24) is 0 Å². The van der Waals surface area contributed by atoms with Crippen LogP contribution in [0, 0.1) is 11.6 Å². The molecule has 2 aromatic heterocycles. The third kappa shape index (κ3) is 3.86. The molecule has 6 heteroatoms. The summed E-state index contributed by atoms with van der Waals surface area (Å²) in [5.41, 5.74) is 0. The summed E-state index contributed by atoms with van der Waals surface area (Å²) in [6.45, 7) is 0. The van der Waals surface area contributed by atoms with Crippen molar-refractivity contribution in [2.24, 2.45) is 0 Å². The maximum absolute atomic E-state index is 14.3. The maximum atomic E-state index is 14.3. The van der Waals surface area contributed by atoms with Crippen LogP contribution in [0.25, 0.3) is 8.87 Å². The summed E-state index contributed by atoms with van der Waals surface area (Å²) in [5.74, 6) is -0.283. The standard InChI is InChI=1S/C8H2F2Se2.6CH3.2Sn/c9-5-1-3-11-7(5)8-6(10)2-4-12-8;;;;;;;;/h1-2H;6*1H3;;. The van der Waals surface area contributed by atoms with Gasteiger partial charge < -0.3 is 0 Å². The van der Waals surface area contributed by atoms with Crippen LogP contribution in [0.4, 0.5) is 8.78 Å². The van der Waals surface area contributed by atoms with E-state index in [1.165, 1.54) is 4.91 Å². The Hall–Kier alpha value is 1.46. The Bertz CT molecular complexity index is 574. The molecule has 0 amide bonds. The van der Waals surface area contributed by atoms with Gasteiger partial charge in [-0.05, 0) is 0 Å². The summed E-state index contributed by atoms with van der Waals surface area (Å²) < 4.78 is 32.7. The molecular weight excluding hydrogens is 601 g/mol. The Balaban J connectivity index is 2.53. The zero-order valence-corrected chi connectivity index (χ0v) is 21.9. The third-order valence-corrected chi connectivity index (χ3v) is 37.2. The van der Waals surface area contributed by atoms with E-state index in [-0.39, 0.29) is 40.6 Å². The van der Waals surface area contributed by atoms with Crippen molar-refractivity contribution in [2.75, 3.05) is 0 Å². The Morgan fingerprint density at radius 2 is 1.00 bits per heavy atom. The fourth-order valence-electron chi connectivity index (χ4n) is 1.79. The fourth-order valence-corrected chi connectivity index (χ4v) is 22.3. The molecule has 0 saturated heterocycles. The third-order valence-electron chi connectivity index (χ3n) is 3.06. The second-order valence-corrected chi connectivity index (χ2v) is 44.9. The predicted molar refractivity (Wildman–Crippen MR) is 91.6 cm³/mol. The summed E-state index contributed by atoms with van der Waals surface area (Å²) in [7, 11) is 0. The Morgan fingerprint density at radius 3 is 1.20 bits per heavy atom. The first-order valence-corrected chi connectivity index (χ1v) is 30.0. The molecule has 0 aliphatic carbocycles. The number of hydrogen-bond donors (Lipinski definition) is 0. The van der Waals surface area contributed by atoms with E-state index < -0.39 is 36.8 Å². The van der Waals surface area contributed by atoms with Gasteiger partial charge in [-0.25, -0.2) is 0 Å². The normalized spacial score (nSPS) is 13.0. The average Bonchev–Trinajstić information content (AvgIpc) is 2.80. The first-order valence-electron chi connectivity index (χ1n) is 6.60. The van der Waals surface area contributed by atoms with E-state index in [0.29, 0.717) is 0 Å². The predicted octanol–water partition coefficient (Wildman–Crippen LogP) is 2.84. The van der Waals surface area contributed by atoms with Gasteiger partial charge in [-0.15, -0.1) is 0 Å². The van der Waals surface area contributed by atoms with Crippen molar-refractivity contribution in [3.63, 3.8) is 0 Å². The molecule has 0 saturated carbocycles. The van der Waals surface area contributed by atoms with Gasteiger partial charge in [0.25, 0.3) is 0 Å². The summed E-state index contributed by atoms with van der Waals surface area (Å²) >= 11 is -4.35. The Morgan fingerprint density at radius 1 is 0.700 bits per heavy atom. The number of rotatable bonds is 3. The monoisotopic (exact) mass is 626 g/mol. The summed E-state index contributed by atoms with van der Waals surface area (Å²) in [4.78, 5) is 13.8. The second kappa shape index (κ2) is 6.16. The topological polar surface area (TPSA) is 0 Å². The van der Waals surface area contributed by atoms with Crippen LogP contribution in [0.1, 0.15) is 0 Å². The Labute approximate surface area is 140 Å². The minimum absolute atomic E-state index is 0.0313. The molecule has 0 atom stereocenters. The van der Waals surface area contributed by atoms with Gasteiger partial charge in [0, 0.05) is 0 Å². The van der Waals surface area contributed by atoms with Crippen LogP contribution in [-0.4, -0.2) is 65.8 Å². The van der Waals surface area contributed by atoms with E-state index >= 15 is 0 Å². The number of halogens is 2. The first kappa shape index (κ1) is 17.8. The van der Waals surface area contributed by atoms with E-state index in [1.807, 2.05) is 0 Å². The molecule has 0 aliphatic heterocycles. The molecule has 0 unspecified atom stereocenters. The van der Waals surface area contributed by atoms with Crippen molar-refractivity contribution in [3.05, 3.63) is 23.8 Å². The number of hydrogen-bond acceptors (Lipinski definition) is 0. The molecule has 0 spiro atoms. The molecule has 20 heavy (non-hydrogen) atoms. The van der Waals surface area contributed by atoms with Gasteiger partial charge in [0.1, 0.15) is 0 Å². The molecule has 0 aliphatic rings. The van der Waals surface area contributed by atoms with Crippen molar-refractivity contribution >= 4 is 70.7 Å². The summed E-state index contributed by atoms with van der Waals surface area (Å²) in [6.07, 6.45) is 0. The SMILES string of the molecule is [CH3][Sn]([CH3])([CH3])[c]1cc(F)c(-c2[se][c]([Sn]([CH3])([CH3])[CH3])cc2F)[se]1. The molecule has 0 bridgehead atoms. The van der Waals surface area contributed by atoms with Gasteiger partial charge in [0.05, 0.1) is 0 Å². The van der Waals surface area contributed by atoms with Gasteiger partial charge in [0.15, 0.2) is 0 Å². The molecule has 0 fully saturated rings. The van der Waals surface area contributed by atoms with Crippen molar-refractivity contribution in [3.8, 4) is 8.87 Å². The average molecular weight is 622 g/mol. The van der Waals surface area contributed by atoms with Crippen molar-refractivity contribution < 1.29 is 8.78 Å². The van der Waals surface area contributed by atoms with E-state index in [9.17, 15) is 8.78 Å². The van der Waals surface area contributed by atoms with Crippen LogP contribution in [0.15, 0.2) is 12.1 Å². The molecular formula is C14H20F2Se2Sn2. The van der Waals surface area contributed by atoms with Crippen LogP contribution >= 0.6 is 0 Å². The van der Waals surface area contributed by atoms with E-state index in [4.69, 9.17) is 0 Å². The molecule has 0 N–H and O–H groups in total. The van der Waals surface area contributed by atoms with Gasteiger partial charge in [-0.1, -0.05) is 0 Å².